The van der Waals surface area contributed by atoms with Gasteiger partial charge >= 0.3 is 5.97 Å². The van der Waals surface area contributed by atoms with E-state index in [1.807, 2.05) is 42.5 Å². The largest absolute Gasteiger partial charge is 0.482 e. The van der Waals surface area contributed by atoms with E-state index in [4.69, 9.17) is 19.3 Å². The number of carboxylic acid groups (broad SMARTS) is 1. The number of thioether (sulfide) groups is 1. The summed E-state index contributed by atoms with van der Waals surface area (Å²) >= 11 is 1.29. The fourth-order valence-electron chi connectivity index (χ4n) is 4.60. The van der Waals surface area contributed by atoms with Crippen LogP contribution in [0.25, 0.3) is 0 Å². The molecule has 0 bridgehead atoms. The third kappa shape index (κ3) is 5.95. The Balaban J connectivity index is 1.34. The van der Waals surface area contributed by atoms with Crippen molar-refractivity contribution in [1.82, 2.24) is 0 Å². The first-order valence-corrected chi connectivity index (χ1v) is 13.7. The zero-order valence-electron chi connectivity index (χ0n) is 21.8. The Bertz CT molecular complexity index is 1340. The van der Waals surface area contributed by atoms with E-state index < -0.39 is 18.4 Å². The Morgan fingerprint density at radius 1 is 1.08 bits per heavy atom. The molecular formula is C30H30FNO6S. The van der Waals surface area contributed by atoms with Crippen molar-refractivity contribution in [2.24, 2.45) is 5.41 Å². The summed E-state index contributed by atoms with van der Waals surface area (Å²) in [5.74, 6) is -1.74. The van der Waals surface area contributed by atoms with Gasteiger partial charge in [0.1, 0.15) is 11.6 Å². The maximum absolute atomic E-state index is 15.0. The number of ether oxygens (including phenoxy) is 3. The van der Waals surface area contributed by atoms with Gasteiger partial charge in [0.2, 0.25) is 11.7 Å². The van der Waals surface area contributed by atoms with E-state index in [0.717, 1.165) is 11.1 Å². The SMILES string of the molecule is CC1(C)COC(CSc2cc(N3C(=O)CC3c3ccc(OCC(=O)O)cc3)ccc2F)(c2ccccc2)OC1. The number of anilines is 1. The summed E-state index contributed by atoms with van der Waals surface area (Å²) in [5, 5.41) is 8.79. The summed E-state index contributed by atoms with van der Waals surface area (Å²) in [6.45, 7) is 4.75. The molecule has 2 aliphatic heterocycles. The van der Waals surface area contributed by atoms with Crippen molar-refractivity contribution >= 4 is 29.3 Å². The number of hydrogen-bond donors (Lipinski definition) is 1. The van der Waals surface area contributed by atoms with Gasteiger partial charge in [0.05, 0.1) is 31.4 Å². The predicted octanol–water partition coefficient (Wildman–Crippen LogP) is 5.79. The van der Waals surface area contributed by atoms with Crippen LogP contribution in [0, 0.1) is 11.2 Å². The number of carbonyl (C=O) groups is 2. The molecule has 2 aliphatic rings. The summed E-state index contributed by atoms with van der Waals surface area (Å²) in [5.41, 5.74) is 2.23. The Morgan fingerprint density at radius 3 is 2.41 bits per heavy atom. The van der Waals surface area contributed by atoms with Crippen molar-refractivity contribution in [2.75, 3.05) is 30.5 Å². The van der Waals surface area contributed by atoms with Crippen molar-refractivity contribution in [3.05, 3.63) is 89.7 Å². The van der Waals surface area contributed by atoms with E-state index in [9.17, 15) is 14.0 Å². The zero-order chi connectivity index (χ0) is 27.6. The van der Waals surface area contributed by atoms with E-state index >= 15 is 0 Å². The van der Waals surface area contributed by atoms with Crippen molar-refractivity contribution in [3.63, 3.8) is 0 Å². The molecule has 1 atom stereocenters. The Kier molecular flexibility index (Phi) is 7.66. The number of halogens is 1. The quantitative estimate of drug-likeness (QED) is 0.266. The van der Waals surface area contributed by atoms with Gasteiger partial charge in [-0.05, 0) is 35.9 Å². The van der Waals surface area contributed by atoms with Crippen LogP contribution in [0.4, 0.5) is 10.1 Å². The van der Waals surface area contributed by atoms with Crippen LogP contribution < -0.4 is 9.64 Å². The predicted molar refractivity (Wildman–Crippen MR) is 145 cm³/mol. The fourth-order valence-corrected chi connectivity index (χ4v) is 5.69. The lowest BCUT2D eigenvalue weighted by molar-refractivity contribution is -0.295. The van der Waals surface area contributed by atoms with Crippen LogP contribution in [-0.2, 0) is 24.8 Å². The molecule has 2 heterocycles. The van der Waals surface area contributed by atoms with Gasteiger partial charge in [0.25, 0.3) is 0 Å². The number of rotatable bonds is 9. The molecule has 7 nitrogen and oxygen atoms in total. The number of β-lactam (4-membered cyclic amide) rings is 1. The van der Waals surface area contributed by atoms with Crippen LogP contribution in [-0.4, -0.2) is 42.6 Å². The second-order valence-electron chi connectivity index (χ2n) is 10.5. The van der Waals surface area contributed by atoms with Crippen molar-refractivity contribution in [3.8, 4) is 5.75 Å². The van der Waals surface area contributed by atoms with Crippen LogP contribution in [0.3, 0.4) is 0 Å². The topological polar surface area (TPSA) is 85.3 Å². The third-order valence-corrected chi connectivity index (χ3v) is 7.94. The highest BCUT2D eigenvalue weighted by atomic mass is 32.2. The maximum atomic E-state index is 15.0. The van der Waals surface area contributed by atoms with E-state index in [-0.39, 0.29) is 23.2 Å². The molecule has 1 unspecified atom stereocenters. The highest BCUT2D eigenvalue weighted by molar-refractivity contribution is 7.99. The fraction of sp³-hybridized carbons (Fsp3) is 0.333. The summed E-state index contributed by atoms with van der Waals surface area (Å²) in [7, 11) is 0. The molecule has 2 fully saturated rings. The number of hydrogen-bond acceptors (Lipinski definition) is 6. The number of carbonyl (C=O) groups excluding carboxylic acids is 1. The lowest BCUT2D eigenvalue weighted by Crippen LogP contribution is -2.47. The zero-order valence-corrected chi connectivity index (χ0v) is 22.6. The Hall–Kier alpha value is -3.40. The lowest BCUT2D eigenvalue weighted by atomic mass is 9.93. The van der Waals surface area contributed by atoms with E-state index in [2.05, 4.69) is 13.8 Å². The highest BCUT2D eigenvalue weighted by Crippen LogP contribution is 2.43. The van der Waals surface area contributed by atoms with E-state index in [1.165, 1.54) is 17.8 Å². The second kappa shape index (κ2) is 11.0. The summed E-state index contributed by atoms with van der Waals surface area (Å²) in [6.07, 6.45) is 0.323. The number of nitrogens with zero attached hydrogens (tertiary/aromatic N) is 1. The lowest BCUT2D eigenvalue weighted by Gasteiger charge is -2.43. The first-order chi connectivity index (χ1) is 18.7. The molecule has 1 N–H and O–H groups in total. The molecule has 5 rings (SSSR count). The molecule has 0 radical (unpaired) electrons. The molecular weight excluding hydrogens is 521 g/mol. The minimum absolute atomic E-state index is 0.0595. The Labute approximate surface area is 230 Å². The van der Waals surface area contributed by atoms with Crippen LogP contribution in [0.5, 0.6) is 5.75 Å². The monoisotopic (exact) mass is 551 g/mol. The van der Waals surface area contributed by atoms with Gasteiger partial charge in [-0.15, -0.1) is 11.8 Å². The first-order valence-electron chi connectivity index (χ1n) is 12.7. The molecule has 1 amide bonds. The first kappa shape index (κ1) is 27.2. The molecule has 204 valence electrons. The van der Waals surface area contributed by atoms with Crippen LogP contribution >= 0.6 is 11.8 Å². The van der Waals surface area contributed by atoms with E-state index in [0.29, 0.717) is 41.7 Å². The highest BCUT2D eigenvalue weighted by Gasteiger charge is 2.43. The average Bonchev–Trinajstić information content (AvgIpc) is 2.92. The summed E-state index contributed by atoms with van der Waals surface area (Å²) in [6, 6.07) is 21.1. The molecule has 3 aromatic carbocycles. The van der Waals surface area contributed by atoms with Crippen molar-refractivity contribution in [2.45, 2.75) is 37.0 Å². The van der Waals surface area contributed by atoms with Gasteiger partial charge in [-0.1, -0.05) is 56.3 Å². The molecule has 39 heavy (non-hydrogen) atoms. The second-order valence-corrected chi connectivity index (χ2v) is 11.5. The molecule has 0 aliphatic carbocycles. The maximum Gasteiger partial charge on any atom is 0.341 e. The number of carboxylic acids is 1. The molecule has 2 saturated heterocycles. The number of benzene rings is 3. The Morgan fingerprint density at radius 2 is 1.77 bits per heavy atom. The minimum Gasteiger partial charge on any atom is -0.482 e. The van der Waals surface area contributed by atoms with Crippen molar-refractivity contribution < 1.29 is 33.3 Å². The standard InChI is InChI=1S/C30H30FNO6S/c1-29(2)17-37-30(38-18-29,21-6-4-3-5-7-21)19-39-26-14-22(10-13-24(26)31)32-25(15-27(32)33)20-8-11-23(12-9-20)36-16-28(34)35/h3-14,25H,15-19H2,1-2H3,(H,34,35). The van der Waals surface area contributed by atoms with Gasteiger partial charge in [-0.2, -0.15) is 0 Å². The van der Waals surface area contributed by atoms with Gasteiger partial charge in [-0.3, -0.25) is 4.79 Å². The van der Waals surface area contributed by atoms with Gasteiger partial charge in [0.15, 0.2) is 6.61 Å². The summed E-state index contributed by atoms with van der Waals surface area (Å²) < 4.78 is 32.8. The van der Waals surface area contributed by atoms with Gasteiger partial charge in [0, 0.05) is 21.6 Å². The molecule has 0 saturated carbocycles. The minimum atomic E-state index is -1.06. The number of amides is 1. The van der Waals surface area contributed by atoms with Crippen molar-refractivity contribution in [1.29, 1.82) is 0 Å². The van der Waals surface area contributed by atoms with Gasteiger partial charge < -0.3 is 24.2 Å². The third-order valence-electron chi connectivity index (χ3n) is 6.79. The van der Waals surface area contributed by atoms with Crippen LogP contribution in [0.1, 0.15) is 37.4 Å². The smallest absolute Gasteiger partial charge is 0.341 e. The average molecular weight is 552 g/mol. The van der Waals surface area contributed by atoms with Crippen LogP contribution in [0.15, 0.2) is 77.7 Å². The molecule has 0 spiro atoms. The van der Waals surface area contributed by atoms with E-state index in [1.54, 1.807) is 29.2 Å². The van der Waals surface area contributed by atoms with Crippen LogP contribution in [0.2, 0.25) is 0 Å². The normalized spacial score (nSPS) is 19.8. The summed E-state index contributed by atoms with van der Waals surface area (Å²) in [4.78, 5) is 25.4. The molecule has 3 aromatic rings. The molecule has 0 aromatic heterocycles. The van der Waals surface area contributed by atoms with Gasteiger partial charge in [-0.25, -0.2) is 9.18 Å². The molecule has 9 heteroatoms. The number of aliphatic carboxylic acids is 1.